The number of aromatic hydroxyl groups is 1. The van der Waals surface area contributed by atoms with Crippen molar-refractivity contribution in [1.29, 1.82) is 0 Å². The molecule has 0 radical (unpaired) electrons. The summed E-state index contributed by atoms with van der Waals surface area (Å²) in [6.07, 6.45) is 0. The lowest BCUT2D eigenvalue weighted by molar-refractivity contribution is 0.0150. The van der Waals surface area contributed by atoms with Crippen molar-refractivity contribution in [2.24, 2.45) is 0 Å². The van der Waals surface area contributed by atoms with Gasteiger partial charge in [-0.05, 0) is 13.1 Å². The normalized spacial score (nSPS) is 11.7. The van der Waals surface area contributed by atoms with E-state index in [-0.39, 0.29) is 11.3 Å². The molecule has 0 unspecified atom stereocenters. The highest BCUT2D eigenvalue weighted by atomic mass is 19.3. The fourth-order valence-corrected chi connectivity index (χ4v) is 1.28. The summed E-state index contributed by atoms with van der Waals surface area (Å²) in [5.41, 5.74) is 0.150. The SMILES string of the molecule is CNCc1cccc(C(C)(F)F)c1O. The number of phenols is 1. The maximum absolute atomic E-state index is 13.0. The smallest absolute Gasteiger partial charge is 0.274 e. The molecule has 0 bridgehead atoms. The second kappa shape index (κ2) is 3.92. The topological polar surface area (TPSA) is 32.3 Å². The number of alkyl halides is 2. The number of nitrogens with one attached hydrogen (secondary N) is 1. The number of halogens is 2. The molecule has 1 rings (SSSR count). The third-order valence-corrected chi connectivity index (χ3v) is 1.96. The van der Waals surface area contributed by atoms with Crippen molar-refractivity contribution < 1.29 is 13.9 Å². The van der Waals surface area contributed by atoms with E-state index in [9.17, 15) is 13.9 Å². The van der Waals surface area contributed by atoms with E-state index in [1.165, 1.54) is 12.1 Å². The van der Waals surface area contributed by atoms with Gasteiger partial charge in [-0.15, -0.1) is 0 Å². The molecule has 1 aromatic rings. The minimum absolute atomic E-state index is 0.325. The Morgan fingerprint density at radius 3 is 2.57 bits per heavy atom. The maximum Gasteiger partial charge on any atom is 0.274 e. The Morgan fingerprint density at radius 1 is 1.43 bits per heavy atom. The van der Waals surface area contributed by atoms with Crippen LogP contribution >= 0.6 is 0 Å². The lowest BCUT2D eigenvalue weighted by Crippen LogP contribution is -2.11. The molecule has 1 aromatic carbocycles. The van der Waals surface area contributed by atoms with E-state index in [1.807, 2.05) is 0 Å². The van der Waals surface area contributed by atoms with E-state index in [2.05, 4.69) is 5.32 Å². The van der Waals surface area contributed by atoms with Gasteiger partial charge in [0.05, 0.1) is 5.56 Å². The maximum atomic E-state index is 13.0. The number of rotatable bonds is 3. The fourth-order valence-electron chi connectivity index (χ4n) is 1.28. The molecule has 0 aliphatic rings. The molecule has 2 nitrogen and oxygen atoms in total. The minimum atomic E-state index is -3.01. The first-order valence-electron chi connectivity index (χ1n) is 4.30. The van der Waals surface area contributed by atoms with Crippen LogP contribution in [0.2, 0.25) is 0 Å². The Morgan fingerprint density at radius 2 is 2.07 bits per heavy atom. The average molecular weight is 201 g/mol. The minimum Gasteiger partial charge on any atom is -0.507 e. The zero-order chi connectivity index (χ0) is 10.8. The van der Waals surface area contributed by atoms with Crippen LogP contribution in [-0.4, -0.2) is 12.2 Å². The number of benzene rings is 1. The highest BCUT2D eigenvalue weighted by molar-refractivity contribution is 5.42. The highest BCUT2D eigenvalue weighted by Gasteiger charge is 2.28. The lowest BCUT2D eigenvalue weighted by atomic mass is 10.0. The average Bonchev–Trinajstić information content (AvgIpc) is 2.07. The molecule has 0 spiro atoms. The first kappa shape index (κ1) is 10.9. The Hall–Kier alpha value is -1.16. The molecule has 78 valence electrons. The summed E-state index contributed by atoms with van der Waals surface area (Å²) in [5, 5.41) is 12.3. The molecule has 0 saturated heterocycles. The molecule has 0 saturated carbocycles. The molecule has 14 heavy (non-hydrogen) atoms. The molecule has 2 N–H and O–H groups in total. The summed E-state index contributed by atoms with van der Waals surface area (Å²) in [7, 11) is 1.69. The van der Waals surface area contributed by atoms with Crippen molar-refractivity contribution in [3.05, 3.63) is 29.3 Å². The molecular weight excluding hydrogens is 188 g/mol. The van der Waals surface area contributed by atoms with E-state index >= 15 is 0 Å². The summed E-state index contributed by atoms with van der Waals surface area (Å²) < 4.78 is 25.9. The quantitative estimate of drug-likeness (QED) is 0.785. The van der Waals surface area contributed by atoms with Gasteiger partial charge in [-0.1, -0.05) is 12.1 Å². The summed E-state index contributed by atoms with van der Waals surface area (Å²) in [4.78, 5) is 0. The van der Waals surface area contributed by atoms with Crippen molar-refractivity contribution in [1.82, 2.24) is 5.32 Å². The van der Waals surface area contributed by atoms with Crippen LogP contribution in [0.4, 0.5) is 8.78 Å². The van der Waals surface area contributed by atoms with Gasteiger partial charge in [0.25, 0.3) is 5.92 Å². The standard InChI is InChI=1S/C10H13F2NO/c1-10(11,12)8-5-3-4-7(6-13-2)9(8)14/h3-5,13-14H,6H2,1-2H3. The van der Waals surface area contributed by atoms with Crippen molar-refractivity contribution in [3.63, 3.8) is 0 Å². The van der Waals surface area contributed by atoms with Gasteiger partial charge < -0.3 is 10.4 Å². The third-order valence-electron chi connectivity index (χ3n) is 1.96. The van der Waals surface area contributed by atoms with Gasteiger partial charge in [0.15, 0.2) is 0 Å². The molecule has 0 fully saturated rings. The van der Waals surface area contributed by atoms with Crippen LogP contribution in [-0.2, 0) is 12.5 Å². The van der Waals surface area contributed by atoms with Crippen LogP contribution in [0, 0.1) is 0 Å². The van der Waals surface area contributed by atoms with Gasteiger partial charge >= 0.3 is 0 Å². The van der Waals surface area contributed by atoms with Gasteiger partial charge in [0, 0.05) is 19.0 Å². The van der Waals surface area contributed by atoms with Crippen molar-refractivity contribution >= 4 is 0 Å². The van der Waals surface area contributed by atoms with Crippen molar-refractivity contribution in [3.8, 4) is 5.75 Å². The number of para-hydroxylation sites is 1. The van der Waals surface area contributed by atoms with Crippen molar-refractivity contribution in [2.75, 3.05) is 7.05 Å². The molecular formula is C10H13F2NO. The molecule has 4 heteroatoms. The highest BCUT2D eigenvalue weighted by Crippen LogP contribution is 2.35. The summed E-state index contributed by atoms with van der Waals surface area (Å²) >= 11 is 0. The Balaban J connectivity index is 3.14. The van der Waals surface area contributed by atoms with Crippen LogP contribution < -0.4 is 5.32 Å². The van der Waals surface area contributed by atoms with E-state index < -0.39 is 5.92 Å². The second-order valence-electron chi connectivity index (χ2n) is 3.23. The zero-order valence-corrected chi connectivity index (χ0v) is 8.14. The first-order chi connectivity index (χ1) is 6.46. The Labute approximate surface area is 81.6 Å². The number of hydrogen-bond donors (Lipinski definition) is 2. The van der Waals surface area contributed by atoms with Gasteiger partial charge in [0.1, 0.15) is 5.75 Å². The molecule has 0 amide bonds. The summed E-state index contributed by atoms with van der Waals surface area (Å²) in [5.74, 6) is -3.33. The van der Waals surface area contributed by atoms with E-state index in [0.29, 0.717) is 12.1 Å². The fraction of sp³-hybridized carbons (Fsp3) is 0.400. The van der Waals surface area contributed by atoms with Gasteiger partial charge in [-0.2, -0.15) is 0 Å². The summed E-state index contributed by atoms with van der Waals surface area (Å²) in [6, 6.07) is 4.36. The predicted molar refractivity (Wildman–Crippen MR) is 50.4 cm³/mol. The monoisotopic (exact) mass is 201 g/mol. The van der Waals surface area contributed by atoms with Gasteiger partial charge in [-0.3, -0.25) is 0 Å². The molecule has 0 aromatic heterocycles. The Kier molecular flexibility index (Phi) is 3.06. The van der Waals surface area contributed by atoms with Crippen LogP contribution in [0.15, 0.2) is 18.2 Å². The third kappa shape index (κ3) is 2.20. The predicted octanol–water partition coefficient (Wildman–Crippen LogP) is 2.22. The van der Waals surface area contributed by atoms with Crippen LogP contribution in [0.5, 0.6) is 5.75 Å². The number of hydrogen-bond acceptors (Lipinski definition) is 2. The molecule has 0 aliphatic carbocycles. The Bertz CT molecular complexity index is 320. The molecule has 0 aliphatic heterocycles. The zero-order valence-electron chi connectivity index (χ0n) is 8.14. The van der Waals surface area contributed by atoms with Crippen LogP contribution in [0.1, 0.15) is 18.1 Å². The summed E-state index contributed by atoms with van der Waals surface area (Å²) in [6.45, 7) is 1.14. The molecule has 0 atom stereocenters. The number of phenolic OH excluding ortho intramolecular Hbond substituents is 1. The van der Waals surface area contributed by atoms with Crippen LogP contribution in [0.25, 0.3) is 0 Å². The van der Waals surface area contributed by atoms with Crippen LogP contribution in [0.3, 0.4) is 0 Å². The van der Waals surface area contributed by atoms with E-state index in [1.54, 1.807) is 13.1 Å². The van der Waals surface area contributed by atoms with Crippen molar-refractivity contribution in [2.45, 2.75) is 19.4 Å². The largest absolute Gasteiger partial charge is 0.507 e. The van der Waals surface area contributed by atoms with E-state index in [0.717, 1.165) is 6.92 Å². The molecule has 0 heterocycles. The van der Waals surface area contributed by atoms with Gasteiger partial charge in [0.2, 0.25) is 0 Å². The first-order valence-corrected chi connectivity index (χ1v) is 4.30. The lowest BCUT2D eigenvalue weighted by Gasteiger charge is -2.14. The van der Waals surface area contributed by atoms with E-state index in [4.69, 9.17) is 0 Å². The van der Waals surface area contributed by atoms with Gasteiger partial charge in [-0.25, -0.2) is 8.78 Å². The second-order valence-corrected chi connectivity index (χ2v) is 3.23.